The molecule has 0 fully saturated rings. The number of hydrogen-bond donors (Lipinski definition) is 1. The lowest BCUT2D eigenvalue weighted by Gasteiger charge is -2.40. The van der Waals surface area contributed by atoms with Crippen molar-refractivity contribution in [2.24, 2.45) is 0 Å². The Hall–Kier alpha value is -1.96. The van der Waals surface area contributed by atoms with Crippen LogP contribution in [0, 0.1) is 0 Å². The molecule has 1 N–H and O–H groups in total. The second-order valence-electron chi connectivity index (χ2n) is 5.50. The van der Waals surface area contributed by atoms with Gasteiger partial charge >= 0.3 is 5.97 Å². The molecule has 7 heteroatoms. The Bertz CT molecular complexity index is 754. The van der Waals surface area contributed by atoms with Crippen molar-refractivity contribution < 1.29 is 23.1 Å². The number of hydrogen-bond acceptors (Lipinski definition) is 4. The molecule has 1 unspecified atom stereocenters. The maximum absolute atomic E-state index is 12.1. The molecule has 1 aromatic carbocycles. The third-order valence-corrected chi connectivity index (χ3v) is 4.98. The fourth-order valence-electron chi connectivity index (χ4n) is 2.73. The first-order valence-electron chi connectivity index (χ1n) is 7.57. The zero-order valence-electron chi connectivity index (χ0n) is 13.7. The van der Waals surface area contributed by atoms with Gasteiger partial charge in [-0.05, 0) is 24.1 Å². The molecule has 1 aromatic rings. The summed E-state index contributed by atoms with van der Waals surface area (Å²) >= 11 is 0. The fourth-order valence-corrected chi connectivity index (χ4v) is 3.82. The van der Waals surface area contributed by atoms with Gasteiger partial charge in [0.05, 0.1) is 6.26 Å². The highest BCUT2D eigenvalue weighted by Crippen LogP contribution is 2.33. The second kappa shape index (κ2) is 7.29. The summed E-state index contributed by atoms with van der Waals surface area (Å²) in [4.78, 5) is 11.1. The Balaban J connectivity index is 2.38. The second-order valence-corrected chi connectivity index (χ2v) is 7.41. The van der Waals surface area contributed by atoms with Crippen LogP contribution in [-0.4, -0.2) is 48.9 Å². The first-order chi connectivity index (χ1) is 11.3. The summed E-state index contributed by atoms with van der Waals surface area (Å²) in [6, 6.07) is 9.66. The molecule has 6 nitrogen and oxygen atoms in total. The van der Waals surface area contributed by atoms with E-state index in [4.69, 9.17) is 9.84 Å². The molecule has 130 valence electrons. The highest BCUT2D eigenvalue weighted by Gasteiger charge is 2.42. The molecule has 1 aliphatic rings. The summed E-state index contributed by atoms with van der Waals surface area (Å²) in [5.41, 5.74) is 0.622. The number of aliphatic carboxylic acids is 1. The third kappa shape index (κ3) is 4.11. The van der Waals surface area contributed by atoms with E-state index in [0.717, 1.165) is 21.7 Å². The van der Waals surface area contributed by atoms with Gasteiger partial charge in [-0.1, -0.05) is 42.5 Å². The smallest absolute Gasteiger partial charge is 0.318 e. The zero-order valence-corrected chi connectivity index (χ0v) is 14.5. The summed E-state index contributed by atoms with van der Waals surface area (Å²) in [5.74, 6) is -1.23. The molecule has 1 aliphatic carbocycles. The van der Waals surface area contributed by atoms with Crippen molar-refractivity contribution >= 4 is 21.6 Å². The molecule has 2 rings (SSSR count). The van der Waals surface area contributed by atoms with E-state index in [-0.39, 0.29) is 13.0 Å². The summed E-state index contributed by atoms with van der Waals surface area (Å²) in [7, 11) is -3.78. The van der Waals surface area contributed by atoms with Crippen molar-refractivity contribution in [3.8, 4) is 0 Å². The Morgan fingerprint density at radius 3 is 2.46 bits per heavy atom. The van der Waals surface area contributed by atoms with Crippen LogP contribution >= 0.6 is 0 Å². The molecule has 0 radical (unpaired) electrons. The maximum atomic E-state index is 12.1. The molecule has 0 spiro atoms. The first-order valence-corrected chi connectivity index (χ1v) is 9.42. The van der Waals surface area contributed by atoms with E-state index in [1.807, 2.05) is 36.4 Å². The summed E-state index contributed by atoms with van der Waals surface area (Å²) < 4.78 is 30.8. The molecule has 24 heavy (non-hydrogen) atoms. The van der Waals surface area contributed by atoms with E-state index in [0.29, 0.717) is 0 Å². The maximum Gasteiger partial charge on any atom is 0.318 e. The van der Waals surface area contributed by atoms with Gasteiger partial charge in [0, 0.05) is 13.0 Å². The standard InChI is InChI=1S/C17H21NO5S/c1-3-23-17(18(13-16(19)20)24(2,21)22)11-9-15(10-12-17)14-7-5-4-6-8-14/h4-11H,3,12-13H2,1-2H3,(H,19,20). The van der Waals surface area contributed by atoms with E-state index in [9.17, 15) is 13.2 Å². The van der Waals surface area contributed by atoms with Crippen LogP contribution in [0.4, 0.5) is 0 Å². The van der Waals surface area contributed by atoms with Gasteiger partial charge in [-0.2, -0.15) is 4.31 Å². The van der Waals surface area contributed by atoms with Gasteiger partial charge in [0.1, 0.15) is 6.54 Å². The Kier molecular flexibility index (Phi) is 5.58. The molecule has 1 atom stereocenters. The minimum Gasteiger partial charge on any atom is -0.480 e. The fraction of sp³-hybridized carbons (Fsp3) is 0.353. The Labute approximate surface area is 142 Å². The van der Waals surface area contributed by atoms with Gasteiger partial charge in [0.15, 0.2) is 5.72 Å². The van der Waals surface area contributed by atoms with E-state index < -0.39 is 28.3 Å². The van der Waals surface area contributed by atoms with Gasteiger partial charge in [-0.25, -0.2) is 8.42 Å². The highest BCUT2D eigenvalue weighted by molar-refractivity contribution is 7.88. The third-order valence-electron chi connectivity index (χ3n) is 3.74. The molecular weight excluding hydrogens is 330 g/mol. The lowest BCUT2D eigenvalue weighted by molar-refractivity contribution is -0.143. The lowest BCUT2D eigenvalue weighted by Crippen LogP contribution is -2.54. The Morgan fingerprint density at radius 2 is 2.00 bits per heavy atom. The van der Waals surface area contributed by atoms with Crippen LogP contribution in [-0.2, 0) is 19.6 Å². The van der Waals surface area contributed by atoms with Crippen LogP contribution < -0.4 is 0 Å². The number of rotatable bonds is 7. The van der Waals surface area contributed by atoms with Crippen molar-refractivity contribution in [3.05, 3.63) is 54.1 Å². The van der Waals surface area contributed by atoms with Crippen LogP contribution in [0.1, 0.15) is 18.9 Å². The molecule has 0 bridgehead atoms. The number of sulfonamides is 1. The molecular formula is C17H21NO5S. The highest BCUT2D eigenvalue weighted by atomic mass is 32.2. The van der Waals surface area contributed by atoms with Crippen molar-refractivity contribution in [3.63, 3.8) is 0 Å². The first kappa shape index (κ1) is 18.4. The normalized spacial score (nSPS) is 20.9. The molecule has 0 saturated heterocycles. The predicted molar refractivity (Wildman–Crippen MR) is 91.7 cm³/mol. The average Bonchev–Trinajstić information content (AvgIpc) is 2.53. The average molecular weight is 351 g/mol. The van der Waals surface area contributed by atoms with Crippen LogP contribution in [0.5, 0.6) is 0 Å². The number of ether oxygens (including phenoxy) is 1. The summed E-state index contributed by atoms with van der Waals surface area (Å²) in [6.45, 7) is 1.34. The van der Waals surface area contributed by atoms with Crippen LogP contribution in [0.25, 0.3) is 5.57 Å². The number of carbonyl (C=O) groups is 1. The molecule has 0 aromatic heterocycles. The molecule has 0 amide bonds. The quantitative estimate of drug-likeness (QED) is 0.761. The number of nitrogens with zero attached hydrogens (tertiary/aromatic N) is 1. The van der Waals surface area contributed by atoms with Crippen LogP contribution in [0.3, 0.4) is 0 Å². The summed E-state index contributed by atoms with van der Waals surface area (Å²) in [5, 5.41) is 9.09. The van der Waals surface area contributed by atoms with Crippen molar-refractivity contribution in [2.75, 3.05) is 19.4 Å². The largest absolute Gasteiger partial charge is 0.480 e. The van der Waals surface area contributed by atoms with Gasteiger partial charge in [-0.15, -0.1) is 0 Å². The minimum absolute atomic E-state index is 0.238. The van der Waals surface area contributed by atoms with Crippen molar-refractivity contribution in [1.29, 1.82) is 0 Å². The van der Waals surface area contributed by atoms with E-state index >= 15 is 0 Å². The van der Waals surface area contributed by atoms with Gasteiger partial charge in [0.25, 0.3) is 0 Å². The molecule has 0 aliphatic heterocycles. The number of benzene rings is 1. The molecule has 0 heterocycles. The van der Waals surface area contributed by atoms with E-state index in [2.05, 4.69) is 0 Å². The van der Waals surface area contributed by atoms with Crippen LogP contribution in [0.2, 0.25) is 0 Å². The Morgan fingerprint density at radius 1 is 1.33 bits per heavy atom. The van der Waals surface area contributed by atoms with E-state index in [1.54, 1.807) is 19.1 Å². The topological polar surface area (TPSA) is 83.9 Å². The van der Waals surface area contributed by atoms with Gasteiger partial charge in [-0.3, -0.25) is 4.79 Å². The number of carboxylic acids is 1. The van der Waals surface area contributed by atoms with E-state index in [1.165, 1.54) is 0 Å². The van der Waals surface area contributed by atoms with Crippen molar-refractivity contribution in [2.45, 2.75) is 19.1 Å². The molecule has 0 saturated carbocycles. The van der Waals surface area contributed by atoms with Crippen molar-refractivity contribution in [1.82, 2.24) is 4.31 Å². The number of allylic oxidation sites excluding steroid dienone is 2. The zero-order chi connectivity index (χ0) is 17.8. The van der Waals surface area contributed by atoms with Gasteiger partial charge in [0.2, 0.25) is 10.0 Å². The lowest BCUT2D eigenvalue weighted by atomic mass is 9.94. The van der Waals surface area contributed by atoms with Gasteiger partial charge < -0.3 is 9.84 Å². The van der Waals surface area contributed by atoms with Crippen LogP contribution in [0.15, 0.2) is 48.6 Å². The predicted octanol–water partition coefficient (Wildman–Crippen LogP) is 2.11. The SMILES string of the molecule is CCOC1(N(CC(=O)O)S(C)(=O)=O)C=CC(c2ccccc2)=CC1. The summed E-state index contributed by atoms with van der Waals surface area (Å²) in [6.07, 6.45) is 6.49. The monoisotopic (exact) mass is 351 g/mol. The number of carboxylic acid groups (broad SMARTS) is 1. The minimum atomic E-state index is -3.78.